The number of carbonyl (C=O) groups is 2. The van der Waals surface area contributed by atoms with Gasteiger partial charge < -0.3 is 10.1 Å². The number of rotatable bonds is 5. The molecule has 24 heavy (non-hydrogen) atoms. The van der Waals surface area contributed by atoms with Crippen molar-refractivity contribution in [1.82, 2.24) is 5.32 Å². The molecule has 2 aromatic carbocycles. The van der Waals surface area contributed by atoms with Gasteiger partial charge in [-0.3, -0.25) is 9.59 Å². The van der Waals surface area contributed by atoms with E-state index in [1.807, 2.05) is 0 Å². The highest BCUT2D eigenvalue weighted by atomic mass is 35.5. The van der Waals surface area contributed by atoms with Gasteiger partial charge in [-0.2, -0.15) is 0 Å². The molecule has 1 amide bonds. The number of benzene rings is 2. The van der Waals surface area contributed by atoms with Crippen molar-refractivity contribution in [1.29, 1.82) is 0 Å². The number of ketones is 1. The molecule has 2 aromatic rings. The van der Waals surface area contributed by atoms with Crippen LogP contribution >= 0.6 is 11.6 Å². The van der Waals surface area contributed by atoms with Gasteiger partial charge in [0.2, 0.25) is 0 Å². The summed E-state index contributed by atoms with van der Waals surface area (Å²) in [6.45, 7) is -0.374. The Hall–Kier alpha value is -2.54. The molecule has 0 aliphatic rings. The van der Waals surface area contributed by atoms with Crippen LogP contribution in [0.25, 0.3) is 0 Å². The molecule has 0 atom stereocenters. The summed E-state index contributed by atoms with van der Waals surface area (Å²) in [4.78, 5) is 23.9. The van der Waals surface area contributed by atoms with Crippen molar-refractivity contribution in [3.63, 3.8) is 0 Å². The molecule has 0 aliphatic heterocycles. The lowest BCUT2D eigenvalue weighted by atomic mass is 10.1. The molecule has 0 saturated heterocycles. The first-order valence-electron chi connectivity index (χ1n) is 6.68. The van der Waals surface area contributed by atoms with Gasteiger partial charge in [-0.25, -0.2) is 0 Å². The van der Waals surface area contributed by atoms with Gasteiger partial charge in [0.05, 0.1) is 12.1 Å². The van der Waals surface area contributed by atoms with Crippen molar-refractivity contribution in [3.8, 4) is 5.75 Å². The highest BCUT2D eigenvalue weighted by molar-refractivity contribution is 6.30. The number of hydrogen-bond donors (Lipinski definition) is 1. The number of ether oxygens (including phenoxy) is 1. The standard InChI is InChI=1S/C16H11ClF3NO3/c17-11-7-5-10(6-8-11)13(22)9-21-15(23)12-3-1-2-4-14(12)24-16(18,19)20/h1-8H,9H2,(H,21,23). The van der Waals surface area contributed by atoms with E-state index < -0.39 is 23.8 Å². The van der Waals surface area contributed by atoms with Crippen LogP contribution in [0.2, 0.25) is 5.02 Å². The third kappa shape index (κ3) is 4.99. The number of carbonyl (C=O) groups excluding carboxylic acids is 2. The number of Topliss-reactive ketones (excluding diaryl/α,β-unsaturated/α-hetero) is 1. The summed E-state index contributed by atoms with van der Waals surface area (Å²) in [6, 6.07) is 10.9. The smallest absolute Gasteiger partial charge is 0.405 e. The first-order valence-corrected chi connectivity index (χ1v) is 7.06. The molecule has 0 aliphatic carbocycles. The van der Waals surface area contributed by atoms with Gasteiger partial charge in [-0.1, -0.05) is 23.7 Å². The lowest BCUT2D eigenvalue weighted by molar-refractivity contribution is -0.274. The second kappa shape index (κ2) is 7.35. The number of amides is 1. The van der Waals surface area contributed by atoms with E-state index in [0.29, 0.717) is 10.6 Å². The SMILES string of the molecule is O=C(CNC(=O)c1ccccc1OC(F)(F)F)c1ccc(Cl)cc1. The zero-order valence-electron chi connectivity index (χ0n) is 12.1. The molecule has 8 heteroatoms. The van der Waals surface area contributed by atoms with Crippen LogP contribution in [-0.4, -0.2) is 24.6 Å². The fourth-order valence-corrected chi connectivity index (χ4v) is 1.99. The lowest BCUT2D eigenvalue weighted by Crippen LogP contribution is -2.30. The van der Waals surface area contributed by atoms with Gasteiger partial charge in [-0.15, -0.1) is 13.2 Å². The maximum atomic E-state index is 12.3. The van der Waals surface area contributed by atoms with Gasteiger partial charge in [-0.05, 0) is 36.4 Å². The molecule has 0 heterocycles. The lowest BCUT2D eigenvalue weighted by Gasteiger charge is -2.13. The van der Waals surface area contributed by atoms with Crippen LogP contribution in [0, 0.1) is 0 Å². The predicted molar refractivity (Wildman–Crippen MR) is 81.2 cm³/mol. The topological polar surface area (TPSA) is 55.4 Å². The average Bonchev–Trinajstić information content (AvgIpc) is 2.52. The Bertz CT molecular complexity index is 745. The van der Waals surface area contributed by atoms with Crippen molar-refractivity contribution in [2.75, 3.05) is 6.54 Å². The minimum atomic E-state index is -4.92. The van der Waals surface area contributed by atoms with Crippen molar-refractivity contribution in [3.05, 3.63) is 64.7 Å². The molecule has 0 radical (unpaired) electrons. The fourth-order valence-electron chi connectivity index (χ4n) is 1.86. The number of alkyl halides is 3. The zero-order chi connectivity index (χ0) is 17.7. The largest absolute Gasteiger partial charge is 0.573 e. The highest BCUT2D eigenvalue weighted by Crippen LogP contribution is 2.26. The van der Waals surface area contributed by atoms with Gasteiger partial charge in [0.15, 0.2) is 5.78 Å². The number of hydrogen-bond acceptors (Lipinski definition) is 3. The summed E-state index contributed by atoms with van der Waals surface area (Å²) < 4.78 is 40.8. The summed E-state index contributed by atoms with van der Waals surface area (Å²) in [5.74, 6) is -1.90. The molecule has 0 aromatic heterocycles. The third-order valence-electron chi connectivity index (χ3n) is 2.93. The molecule has 126 valence electrons. The number of nitrogens with one attached hydrogen (secondary N) is 1. The molecule has 2 rings (SSSR count). The molecular formula is C16H11ClF3NO3. The minimum Gasteiger partial charge on any atom is -0.405 e. The van der Waals surface area contributed by atoms with E-state index in [9.17, 15) is 22.8 Å². The maximum Gasteiger partial charge on any atom is 0.573 e. The second-order valence-corrected chi connectivity index (χ2v) is 5.09. The summed E-state index contributed by atoms with van der Waals surface area (Å²) in [7, 11) is 0. The van der Waals surface area contributed by atoms with E-state index in [1.54, 1.807) is 0 Å². The quantitative estimate of drug-likeness (QED) is 0.827. The Morgan fingerprint density at radius 2 is 1.67 bits per heavy atom. The molecule has 0 saturated carbocycles. The van der Waals surface area contributed by atoms with Crippen LogP contribution in [0.15, 0.2) is 48.5 Å². The first kappa shape index (κ1) is 17.8. The van der Waals surface area contributed by atoms with E-state index in [1.165, 1.54) is 42.5 Å². The number of halogens is 4. The van der Waals surface area contributed by atoms with E-state index in [-0.39, 0.29) is 12.1 Å². The van der Waals surface area contributed by atoms with E-state index in [2.05, 4.69) is 10.1 Å². The predicted octanol–water partition coefficient (Wildman–Crippen LogP) is 3.85. The van der Waals surface area contributed by atoms with Gasteiger partial charge in [0, 0.05) is 10.6 Å². The van der Waals surface area contributed by atoms with Crippen molar-refractivity contribution < 1.29 is 27.5 Å². The first-order chi connectivity index (χ1) is 11.3. The third-order valence-corrected chi connectivity index (χ3v) is 3.19. The molecule has 4 nitrogen and oxygen atoms in total. The summed E-state index contributed by atoms with van der Waals surface area (Å²) in [5, 5.41) is 2.72. The van der Waals surface area contributed by atoms with Crippen molar-refractivity contribution >= 4 is 23.3 Å². The Balaban J connectivity index is 2.05. The van der Waals surface area contributed by atoms with Gasteiger partial charge >= 0.3 is 6.36 Å². The normalized spacial score (nSPS) is 11.0. The fraction of sp³-hybridized carbons (Fsp3) is 0.125. The van der Waals surface area contributed by atoms with E-state index in [0.717, 1.165) is 6.07 Å². The van der Waals surface area contributed by atoms with Crippen molar-refractivity contribution in [2.45, 2.75) is 6.36 Å². The van der Waals surface area contributed by atoms with Crippen LogP contribution in [0.3, 0.4) is 0 Å². The summed E-state index contributed by atoms with van der Waals surface area (Å²) >= 11 is 5.71. The van der Waals surface area contributed by atoms with Crippen LogP contribution < -0.4 is 10.1 Å². The molecule has 0 unspecified atom stereocenters. The zero-order valence-corrected chi connectivity index (χ0v) is 12.8. The Morgan fingerprint density at radius 1 is 1.04 bits per heavy atom. The average molecular weight is 358 g/mol. The minimum absolute atomic E-state index is 0.319. The van der Waals surface area contributed by atoms with Gasteiger partial charge in [0.1, 0.15) is 5.75 Å². The summed E-state index contributed by atoms with van der Waals surface area (Å²) in [5.41, 5.74) is -0.00161. The van der Waals surface area contributed by atoms with E-state index >= 15 is 0 Å². The van der Waals surface area contributed by atoms with Crippen LogP contribution in [0.4, 0.5) is 13.2 Å². The van der Waals surface area contributed by atoms with Crippen LogP contribution in [0.5, 0.6) is 5.75 Å². The molecular weight excluding hydrogens is 347 g/mol. The monoisotopic (exact) mass is 357 g/mol. The Morgan fingerprint density at radius 3 is 2.29 bits per heavy atom. The molecule has 0 spiro atoms. The maximum absolute atomic E-state index is 12.3. The second-order valence-electron chi connectivity index (χ2n) is 4.66. The Labute approximate surface area is 140 Å². The summed E-state index contributed by atoms with van der Waals surface area (Å²) in [6.07, 6.45) is -4.92. The van der Waals surface area contributed by atoms with Crippen LogP contribution in [-0.2, 0) is 0 Å². The van der Waals surface area contributed by atoms with E-state index in [4.69, 9.17) is 11.6 Å². The molecule has 0 bridgehead atoms. The van der Waals surface area contributed by atoms with Gasteiger partial charge in [0.25, 0.3) is 5.91 Å². The molecule has 1 N–H and O–H groups in total. The Kier molecular flexibility index (Phi) is 5.46. The molecule has 0 fully saturated rings. The number of para-hydroxylation sites is 1. The highest BCUT2D eigenvalue weighted by Gasteiger charge is 2.32. The van der Waals surface area contributed by atoms with Crippen molar-refractivity contribution in [2.24, 2.45) is 0 Å². The van der Waals surface area contributed by atoms with Crippen LogP contribution in [0.1, 0.15) is 20.7 Å².